The van der Waals surface area contributed by atoms with Crippen LogP contribution in [-0.2, 0) is 22.4 Å². The summed E-state index contributed by atoms with van der Waals surface area (Å²) in [6, 6.07) is 14.0. The number of carbonyl (C=O) groups is 2. The van der Waals surface area contributed by atoms with E-state index in [2.05, 4.69) is 16.3 Å². The van der Waals surface area contributed by atoms with Gasteiger partial charge in [0.25, 0.3) is 0 Å². The van der Waals surface area contributed by atoms with Crippen molar-refractivity contribution in [2.45, 2.75) is 19.3 Å². The predicted octanol–water partition coefficient (Wildman–Crippen LogP) is 2.47. The minimum atomic E-state index is 0.0543. The lowest BCUT2D eigenvalue weighted by Crippen LogP contribution is -2.48. The number of carbonyl (C=O) groups excluding carboxylic acids is 2. The molecule has 2 aromatic rings. The molecule has 2 aliphatic heterocycles. The Labute approximate surface area is 165 Å². The third-order valence-electron chi connectivity index (χ3n) is 5.47. The zero-order valence-electron chi connectivity index (χ0n) is 16.1. The number of anilines is 2. The second-order valence-corrected chi connectivity index (χ2v) is 7.29. The molecule has 146 valence electrons. The van der Waals surface area contributed by atoms with Gasteiger partial charge in [-0.25, -0.2) is 0 Å². The molecule has 2 amide bonds. The number of amides is 2. The van der Waals surface area contributed by atoms with Crippen molar-refractivity contribution in [3.05, 3.63) is 53.6 Å². The van der Waals surface area contributed by atoms with Gasteiger partial charge in [-0.3, -0.25) is 9.59 Å². The zero-order valence-corrected chi connectivity index (χ0v) is 16.1. The largest absolute Gasteiger partial charge is 0.497 e. The average molecular weight is 379 g/mol. The van der Waals surface area contributed by atoms with E-state index in [9.17, 15) is 9.59 Å². The molecule has 0 aliphatic carbocycles. The van der Waals surface area contributed by atoms with Gasteiger partial charge >= 0.3 is 0 Å². The molecule has 0 aromatic heterocycles. The SMILES string of the molecule is COc1cccc(CCC(=O)N2CCN(c3ccc4c(c3)CC(=O)N4)CC2)c1. The van der Waals surface area contributed by atoms with E-state index < -0.39 is 0 Å². The molecule has 0 atom stereocenters. The van der Waals surface area contributed by atoms with Crippen LogP contribution in [0.3, 0.4) is 0 Å². The van der Waals surface area contributed by atoms with Crippen LogP contribution in [0.5, 0.6) is 5.75 Å². The molecule has 6 nitrogen and oxygen atoms in total. The molecule has 1 saturated heterocycles. The highest BCUT2D eigenvalue weighted by molar-refractivity contribution is 5.99. The molecule has 2 heterocycles. The minimum Gasteiger partial charge on any atom is -0.497 e. The van der Waals surface area contributed by atoms with E-state index in [-0.39, 0.29) is 11.8 Å². The van der Waals surface area contributed by atoms with E-state index in [1.54, 1.807) is 7.11 Å². The van der Waals surface area contributed by atoms with Crippen molar-refractivity contribution in [1.82, 2.24) is 4.90 Å². The normalized spacial score (nSPS) is 16.0. The first-order chi connectivity index (χ1) is 13.6. The standard InChI is InChI=1S/C22H25N3O3/c1-28-19-4-2-3-16(13-19)5-8-22(27)25-11-9-24(10-12-25)18-6-7-20-17(14-18)15-21(26)23-20/h2-4,6-7,13-14H,5,8-12,15H2,1H3,(H,23,26). The summed E-state index contributed by atoms with van der Waals surface area (Å²) in [7, 11) is 1.65. The van der Waals surface area contributed by atoms with E-state index in [4.69, 9.17) is 4.74 Å². The molecule has 1 fully saturated rings. The molecule has 2 aliphatic rings. The molecule has 28 heavy (non-hydrogen) atoms. The van der Waals surface area contributed by atoms with Gasteiger partial charge in [0, 0.05) is 44.0 Å². The van der Waals surface area contributed by atoms with Gasteiger partial charge in [-0.05, 0) is 47.9 Å². The van der Waals surface area contributed by atoms with Crippen molar-refractivity contribution in [1.29, 1.82) is 0 Å². The van der Waals surface area contributed by atoms with E-state index in [0.29, 0.717) is 12.8 Å². The maximum atomic E-state index is 12.6. The van der Waals surface area contributed by atoms with Crippen LogP contribution in [0.1, 0.15) is 17.5 Å². The fraction of sp³-hybridized carbons (Fsp3) is 0.364. The number of hydrogen-bond acceptors (Lipinski definition) is 4. The van der Waals surface area contributed by atoms with Gasteiger partial charge in [-0.15, -0.1) is 0 Å². The summed E-state index contributed by atoms with van der Waals surface area (Å²) in [5.74, 6) is 1.08. The van der Waals surface area contributed by atoms with Crippen LogP contribution in [-0.4, -0.2) is 50.0 Å². The molecule has 1 N–H and O–H groups in total. The molecular weight excluding hydrogens is 354 g/mol. The molecule has 4 rings (SSSR count). The van der Waals surface area contributed by atoms with E-state index in [1.165, 1.54) is 0 Å². The lowest BCUT2D eigenvalue weighted by atomic mass is 10.1. The number of piperazine rings is 1. The van der Waals surface area contributed by atoms with Crippen LogP contribution in [0.25, 0.3) is 0 Å². The summed E-state index contributed by atoms with van der Waals surface area (Å²) in [5.41, 5.74) is 4.21. The van der Waals surface area contributed by atoms with Crippen LogP contribution >= 0.6 is 0 Å². The fourth-order valence-corrected chi connectivity index (χ4v) is 3.86. The average Bonchev–Trinajstić information content (AvgIpc) is 3.11. The molecule has 0 spiro atoms. The predicted molar refractivity (Wildman–Crippen MR) is 109 cm³/mol. The van der Waals surface area contributed by atoms with Crippen molar-refractivity contribution in [3.8, 4) is 5.75 Å². The van der Waals surface area contributed by atoms with Gasteiger partial charge in [0.15, 0.2) is 0 Å². The van der Waals surface area contributed by atoms with Gasteiger partial charge in [-0.1, -0.05) is 12.1 Å². The molecule has 0 bridgehead atoms. The number of methoxy groups -OCH3 is 1. The second-order valence-electron chi connectivity index (χ2n) is 7.29. The van der Waals surface area contributed by atoms with Crippen LogP contribution in [0, 0.1) is 0 Å². The number of fused-ring (bicyclic) bond motifs is 1. The summed E-state index contributed by atoms with van der Waals surface area (Å²) in [4.78, 5) is 28.4. The Morgan fingerprint density at radius 3 is 2.71 bits per heavy atom. The first-order valence-corrected chi connectivity index (χ1v) is 9.71. The molecule has 2 aromatic carbocycles. The first-order valence-electron chi connectivity index (χ1n) is 9.71. The highest BCUT2D eigenvalue weighted by atomic mass is 16.5. The number of nitrogens with zero attached hydrogens (tertiary/aromatic N) is 2. The van der Waals surface area contributed by atoms with Crippen LogP contribution in [0.2, 0.25) is 0 Å². The Balaban J connectivity index is 1.29. The second kappa shape index (κ2) is 7.92. The molecular formula is C22H25N3O3. The monoisotopic (exact) mass is 379 g/mol. The Morgan fingerprint density at radius 2 is 1.93 bits per heavy atom. The number of rotatable bonds is 5. The molecule has 0 unspecified atom stereocenters. The quantitative estimate of drug-likeness (QED) is 0.867. The summed E-state index contributed by atoms with van der Waals surface area (Å²) >= 11 is 0. The van der Waals surface area contributed by atoms with Gasteiger partial charge < -0.3 is 19.9 Å². The summed E-state index contributed by atoms with van der Waals surface area (Å²) in [5, 5.41) is 2.87. The lowest BCUT2D eigenvalue weighted by Gasteiger charge is -2.36. The number of nitrogens with one attached hydrogen (secondary N) is 1. The van der Waals surface area contributed by atoms with Gasteiger partial charge in [0.05, 0.1) is 13.5 Å². The van der Waals surface area contributed by atoms with E-state index in [1.807, 2.05) is 41.3 Å². The summed E-state index contributed by atoms with van der Waals surface area (Å²) < 4.78 is 5.24. The van der Waals surface area contributed by atoms with Crippen LogP contribution < -0.4 is 15.0 Å². The van der Waals surface area contributed by atoms with E-state index >= 15 is 0 Å². The van der Waals surface area contributed by atoms with Crippen molar-refractivity contribution in [2.75, 3.05) is 43.5 Å². The Hall–Kier alpha value is -3.02. The highest BCUT2D eigenvalue weighted by Gasteiger charge is 2.23. The summed E-state index contributed by atoms with van der Waals surface area (Å²) in [6.45, 7) is 3.08. The third-order valence-corrected chi connectivity index (χ3v) is 5.47. The third kappa shape index (κ3) is 3.96. The van der Waals surface area contributed by atoms with Crippen molar-refractivity contribution < 1.29 is 14.3 Å². The highest BCUT2D eigenvalue weighted by Crippen LogP contribution is 2.28. The smallest absolute Gasteiger partial charge is 0.228 e. The van der Waals surface area contributed by atoms with Crippen molar-refractivity contribution >= 4 is 23.2 Å². The van der Waals surface area contributed by atoms with Crippen molar-refractivity contribution in [3.63, 3.8) is 0 Å². The Morgan fingerprint density at radius 1 is 1.11 bits per heavy atom. The lowest BCUT2D eigenvalue weighted by molar-refractivity contribution is -0.131. The minimum absolute atomic E-state index is 0.0543. The maximum Gasteiger partial charge on any atom is 0.228 e. The maximum absolute atomic E-state index is 12.6. The molecule has 6 heteroatoms. The van der Waals surface area contributed by atoms with Crippen molar-refractivity contribution in [2.24, 2.45) is 0 Å². The first kappa shape index (κ1) is 18.3. The summed E-state index contributed by atoms with van der Waals surface area (Å²) in [6.07, 6.45) is 1.69. The molecule has 0 saturated carbocycles. The topological polar surface area (TPSA) is 61.9 Å². The van der Waals surface area contributed by atoms with Gasteiger partial charge in [0.1, 0.15) is 5.75 Å². The van der Waals surface area contributed by atoms with Crippen LogP contribution in [0.15, 0.2) is 42.5 Å². The van der Waals surface area contributed by atoms with E-state index in [0.717, 1.165) is 60.9 Å². The number of ether oxygens (including phenoxy) is 1. The Bertz CT molecular complexity index is 888. The Kier molecular flexibility index (Phi) is 5.19. The van der Waals surface area contributed by atoms with Gasteiger partial charge in [0.2, 0.25) is 11.8 Å². The fourth-order valence-electron chi connectivity index (χ4n) is 3.86. The van der Waals surface area contributed by atoms with Gasteiger partial charge in [-0.2, -0.15) is 0 Å². The number of hydrogen-bond donors (Lipinski definition) is 1. The number of benzene rings is 2. The molecule has 0 radical (unpaired) electrons. The zero-order chi connectivity index (χ0) is 19.5. The number of aryl methyl sites for hydroxylation is 1. The van der Waals surface area contributed by atoms with Crippen LogP contribution in [0.4, 0.5) is 11.4 Å².